The average Bonchev–Trinajstić information content (AvgIpc) is 2.70. The maximum atomic E-state index is 12.1. The molecule has 0 bridgehead atoms. The molecule has 14 nitrogen and oxygen atoms in total. The Morgan fingerprint density at radius 2 is 1.46 bits per heavy atom. The van der Waals surface area contributed by atoms with Crippen LogP contribution in [0.5, 0.6) is 0 Å². The summed E-state index contributed by atoms with van der Waals surface area (Å²) in [5, 5.41) is 15.6. The molecule has 0 unspecified atom stereocenters. The van der Waals surface area contributed by atoms with Crippen LogP contribution in [0.1, 0.15) is 41.5 Å². The number of esters is 3. The summed E-state index contributed by atoms with van der Waals surface area (Å²) < 4.78 is 31.1. The Balaban J connectivity index is 2.71. The third kappa shape index (κ3) is 11.8. The summed E-state index contributed by atoms with van der Waals surface area (Å²) in [6.07, 6.45) is -7.66. The first-order chi connectivity index (χ1) is 16.2. The van der Waals surface area contributed by atoms with Crippen LogP contribution in [-0.2, 0) is 47.6 Å². The molecule has 0 aromatic rings. The number of amides is 2. The van der Waals surface area contributed by atoms with Crippen molar-refractivity contribution >= 4 is 29.9 Å². The Labute approximate surface area is 202 Å². The summed E-state index contributed by atoms with van der Waals surface area (Å²) in [6, 6.07) is 0. The lowest BCUT2D eigenvalue weighted by atomic mass is 9.98. The van der Waals surface area contributed by atoms with E-state index in [9.17, 15) is 29.1 Å². The quantitative estimate of drug-likeness (QED) is 0.190. The van der Waals surface area contributed by atoms with Crippen molar-refractivity contribution in [3.05, 3.63) is 0 Å². The van der Waals surface area contributed by atoms with Crippen LogP contribution in [-0.4, -0.2) is 97.6 Å². The van der Waals surface area contributed by atoms with Crippen molar-refractivity contribution in [1.29, 1.82) is 0 Å². The molecular weight excluding hydrogens is 472 g/mol. The Morgan fingerprint density at radius 3 is 2.00 bits per heavy atom. The highest BCUT2D eigenvalue weighted by Gasteiger charge is 2.50. The molecule has 1 fully saturated rings. The molecule has 2 amide bonds. The minimum Gasteiger partial charge on any atom is -0.463 e. The number of hydrogen-bond acceptors (Lipinski definition) is 12. The largest absolute Gasteiger partial charge is 0.463 e. The van der Waals surface area contributed by atoms with E-state index in [0.29, 0.717) is 0 Å². The van der Waals surface area contributed by atoms with Crippen molar-refractivity contribution in [2.45, 2.75) is 77.8 Å². The van der Waals surface area contributed by atoms with Gasteiger partial charge in [0.05, 0.1) is 0 Å². The highest BCUT2D eigenvalue weighted by molar-refractivity contribution is 5.77. The second-order valence-corrected chi connectivity index (χ2v) is 8.57. The highest BCUT2D eigenvalue weighted by atomic mass is 16.7. The number of aliphatic hydroxyl groups excluding tert-OH is 1. The highest BCUT2D eigenvalue weighted by Crippen LogP contribution is 2.27. The number of carbonyl (C=O) groups is 5. The van der Waals surface area contributed by atoms with Gasteiger partial charge in [-0.1, -0.05) is 0 Å². The smallest absolute Gasteiger partial charge is 0.407 e. The van der Waals surface area contributed by atoms with Gasteiger partial charge in [0.15, 0.2) is 18.5 Å². The molecule has 1 aliphatic heterocycles. The number of carbonyl (C=O) groups excluding carboxylic acids is 5. The van der Waals surface area contributed by atoms with Gasteiger partial charge < -0.3 is 44.2 Å². The minimum absolute atomic E-state index is 0.0647. The number of alkyl carbamates (subject to hydrolysis) is 1. The Morgan fingerprint density at radius 1 is 0.886 bits per heavy atom. The van der Waals surface area contributed by atoms with Crippen LogP contribution in [0.25, 0.3) is 0 Å². The SMILES string of the molecule is CC(=O)OC[C@H]1O[C@H](OCC(=O)NCCNC(=O)OC(C)(C)C)[C@H](O)[C@@H](OC(C)=O)[C@@H]1OC(C)=O. The predicted octanol–water partition coefficient (Wildman–Crippen LogP) is -0.844. The lowest BCUT2D eigenvalue weighted by Gasteiger charge is -2.42. The van der Waals surface area contributed by atoms with Gasteiger partial charge in [0.2, 0.25) is 5.91 Å². The first-order valence-electron chi connectivity index (χ1n) is 10.9. The van der Waals surface area contributed by atoms with Crippen molar-refractivity contribution in [2.75, 3.05) is 26.3 Å². The summed E-state index contributed by atoms with van der Waals surface area (Å²) >= 11 is 0. The van der Waals surface area contributed by atoms with E-state index in [1.807, 2.05) is 0 Å². The van der Waals surface area contributed by atoms with Crippen LogP contribution in [0.4, 0.5) is 4.79 Å². The van der Waals surface area contributed by atoms with E-state index < -0.39 is 79.4 Å². The van der Waals surface area contributed by atoms with E-state index in [4.69, 9.17) is 28.4 Å². The Kier molecular flexibility index (Phi) is 11.9. The van der Waals surface area contributed by atoms with E-state index in [1.54, 1.807) is 20.8 Å². The van der Waals surface area contributed by atoms with Gasteiger partial charge in [0, 0.05) is 33.9 Å². The molecule has 0 spiro atoms. The maximum Gasteiger partial charge on any atom is 0.407 e. The average molecular weight is 507 g/mol. The summed E-state index contributed by atoms with van der Waals surface area (Å²) in [6.45, 7) is 7.66. The molecule has 3 N–H and O–H groups in total. The molecule has 35 heavy (non-hydrogen) atoms. The Bertz CT molecular complexity index is 766. The van der Waals surface area contributed by atoms with Crippen molar-refractivity contribution in [2.24, 2.45) is 0 Å². The molecule has 14 heteroatoms. The van der Waals surface area contributed by atoms with Gasteiger partial charge in [-0.15, -0.1) is 0 Å². The molecule has 1 saturated heterocycles. The third-order valence-electron chi connectivity index (χ3n) is 4.16. The lowest BCUT2D eigenvalue weighted by molar-refractivity contribution is -0.304. The molecule has 1 aliphatic rings. The number of ether oxygens (including phenoxy) is 6. The maximum absolute atomic E-state index is 12.1. The van der Waals surface area contributed by atoms with Crippen LogP contribution in [0.2, 0.25) is 0 Å². The monoisotopic (exact) mass is 506 g/mol. The van der Waals surface area contributed by atoms with Crippen LogP contribution < -0.4 is 10.6 Å². The number of aliphatic hydroxyl groups is 1. The number of hydrogen-bond donors (Lipinski definition) is 3. The summed E-state index contributed by atoms with van der Waals surface area (Å²) in [7, 11) is 0. The molecule has 0 aliphatic carbocycles. The second-order valence-electron chi connectivity index (χ2n) is 8.57. The molecule has 5 atom stereocenters. The molecular formula is C21H34N2O12. The van der Waals surface area contributed by atoms with Crippen LogP contribution >= 0.6 is 0 Å². The normalized spacial score (nSPS) is 24.0. The van der Waals surface area contributed by atoms with Crippen LogP contribution in [0.15, 0.2) is 0 Å². The zero-order chi connectivity index (χ0) is 26.8. The van der Waals surface area contributed by atoms with Crippen LogP contribution in [0.3, 0.4) is 0 Å². The minimum atomic E-state index is -1.64. The van der Waals surface area contributed by atoms with E-state index in [2.05, 4.69) is 10.6 Å². The van der Waals surface area contributed by atoms with E-state index in [0.717, 1.165) is 20.8 Å². The Hall–Kier alpha value is -2.97. The van der Waals surface area contributed by atoms with Crippen molar-refractivity contribution in [1.82, 2.24) is 10.6 Å². The molecule has 200 valence electrons. The van der Waals surface area contributed by atoms with Gasteiger partial charge in [-0.05, 0) is 20.8 Å². The molecule has 0 aromatic heterocycles. The van der Waals surface area contributed by atoms with Gasteiger partial charge in [0.1, 0.15) is 31.0 Å². The molecule has 0 aromatic carbocycles. The first kappa shape index (κ1) is 30.1. The van der Waals surface area contributed by atoms with E-state index >= 15 is 0 Å². The van der Waals surface area contributed by atoms with E-state index in [1.165, 1.54) is 0 Å². The summed E-state index contributed by atoms with van der Waals surface area (Å²) in [4.78, 5) is 58.0. The summed E-state index contributed by atoms with van der Waals surface area (Å²) in [5.74, 6) is -2.79. The third-order valence-corrected chi connectivity index (χ3v) is 4.16. The fourth-order valence-electron chi connectivity index (χ4n) is 2.91. The van der Waals surface area contributed by atoms with Gasteiger partial charge >= 0.3 is 24.0 Å². The standard InChI is InChI=1S/C21H34N2O12/c1-11(24)30-9-14-17(32-12(2)25)18(33-13(3)26)16(28)19(34-14)31-10-15(27)22-7-8-23-20(29)35-21(4,5)6/h14,16-19,28H,7-10H2,1-6H3,(H,22,27)(H,23,29)/t14-,16-,17-,18-,19+/m1/s1. The van der Waals surface area contributed by atoms with Gasteiger partial charge in [-0.25, -0.2) is 4.79 Å². The van der Waals surface area contributed by atoms with Gasteiger partial charge in [-0.2, -0.15) is 0 Å². The first-order valence-corrected chi connectivity index (χ1v) is 10.9. The molecule has 0 radical (unpaired) electrons. The summed E-state index contributed by atoms with van der Waals surface area (Å²) in [5.41, 5.74) is -0.659. The van der Waals surface area contributed by atoms with Gasteiger partial charge in [-0.3, -0.25) is 19.2 Å². The fraction of sp³-hybridized carbons (Fsp3) is 0.762. The fourth-order valence-corrected chi connectivity index (χ4v) is 2.91. The molecule has 0 saturated carbocycles. The van der Waals surface area contributed by atoms with Crippen LogP contribution in [0, 0.1) is 0 Å². The lowest BCUT2D eigenvalue weighted by Crippen LogP contribution is -2.62. The zero-order valence-corrected chi connectivity index (χ0v) is 20.7. The number of rotatable bonds is 10. The number of nitrogens with one attached hydrogen (secondary N) is 2. The second kappa shape index (κ2) is 13.8. The van der Waals surface area contributed by atoms with Gasteiger partial charge in [0.25, 0.3) is 0 Å². The van der Waals surface area contributed by atoms with E-state index in [-0.39, 0.29) is 13.1 Å². The topological polar surface area (TPSA) is 185 Å². The van der Waals surface area contributed by atoms with Crippen molar-refractivity contribution in [3.8, 4) is 0 Å². The molecule has 1 heterocycles. The van der Waals surface area contributed by atoms with Crippen molar-refractivity contribution < 1.29 is 57.5 Å². The molecule has 1 rings (SSSR count). The predicted molar refractivity (Wildman–Crippen MR) is 116 cm³/mol. The zero-order valence-electron chi connectivity index (χ0n) is 20.7. The van der Waals surface area contributed by atoms with Crippen molar-refractivity contribution in [3.63, 3.8) is 0 Å².